The van der Waals surface area contributed by atoms with E-state index in [0.717, 1.165) is 16.1 Å². The van der Waals surface area contributed by atoms with E-state index in [1.165, 1.54) is 23.5 Å². The van der Waals surface area contributed by atoms with Crippen molar-refractivity contribution < 1.29 is 4.92 Å². The number of nitro benzene ring substituents is 1. The van der Waals surface area contributed by atoms with E-state index in [4.69, 9.17) is 17.3 Å². The minimum atomic E-state index is -0.429. The highest BCUT2D eigenvalue weighted by Gasteiger charge is 2.14. The summed E-state index contributed by atoms with van der Waals surface area (Å²) in [6, 6.07) is 19.8. The van der Waals surface area contributed by atoms with Crippen molar-refractivity contribution in [2.75, 3.05) is 0 Å². The van der Waals surface area contributed by atoms with Gasteiger partial charge in [-0.3, -0.25) is 10.1 Å². The van der Waals surface area contributed by atoms with Gasteiger partial charge >= 0.3 is 0 Å². The third kappa shape index (κ3) is 4.14. The molecule has 0 aliphatic heterocycles. The molecule has 162 valence electrons. The molecule has 0 aliphatic carbocycles. The summed E-state index contributed by atoms with van der Waals surface area (Å²) in [5.41, 5.74) is 2.96. The van der Waals surface area contributed by atoms with Crippen molar-refractivity contribution in [3.63, 3.8) is 0 Å². The van der Waals surface area contributed by atoms with Gasteiger partial charge in [-0.15, -0.1) is 11.3 Å². The largest absolute Gasteiger partial charge is 0.269 e. The number of H-pyrrole nitrogens is 1. The molecule has 2 aromatic carbocycles. The minimum absolute atomic E-state index is 0.0155. The van der Waals surface area contributed by atoms with E-state index in [0.29, 0.717) is 21.9 Å². The van der Waals surface area contributed by atoms with E-state index in [9.17, 15) is 10.1 Å². The smallest absolute Gasteiger partial charge is 0.258 e. The molecular formula is C22H15N7O2S2. The Morgan fingerprint density at radius 1 is 1.09 bits per heavy atom. The molecule has 0 aliphatic rings. The van der Waals surface area contributed by atoms with Gasteiger partial charge < -0.3 is 0 Å². The Bertz CT molecular complexity index is 1500. The highest BCUT2D eigenvalue weighted by Crippen LogP contribution is 2.26. The second-order valence-corrected chi connectivity index (χ2v) is 8.24. The van der Waals surface area contributed by atoms with E-state index in [1.807, 2.05) is 54.0 Å². The molecule has 0 saturated carbocycles. The highest BCUT2D eigenvalue weighted by atomic mass is 32.1. The summed E-state index contributed by atoms with van der Waals surface area (Å²) in [6.07, 6.45) is 3.51. The molecule has 0 spiro atoms. The van der Waals surface area contributed by atoms with E-state index in [1.54, 1.807) is 27.7 Å². The second-order valence-electron chi connectivity index (χ2n) is 6.90. The first-order chi connectivity index (χ1) is 16.1. The van der Waals surface area contributed by atoms with Crippen molar-refractivity contribution in [3.05, 3.63) is 98.8 Å². The van der Waals surface area contributed by atoms with Crippen LogP contribution in [-0.4, -0.2) is 35.8 Å². The Balaban J connectivity index is 1.60. The third-order valence-electron chi connectivity index (χ3n) is 4.82. The fourth-order valence-electron chi connectivity index (χ4n) is 3.24. The van der Waals surface area contributed by atoms with Crippen molar-refractivity contribution in [1.82, 2.24) is 24.7 Å². The molecular weight excluding hydrogens is 458 g/mol. The van der Waals surface area contributed by atoms with Gasteiger partial charge in [0, 0.05) is 29.5 Å². The number of aromatic amines is 1. The predicted octanol–water partition coefficient (Wildman–Crippen LogP) is 5.31. The molecule has 33 heavy (non-hydrogen) atoms. The van der Waals surface area contributed by atoms with Gasteiger partial charge in [-0.1, -0.05) is 24.3 Å². The van der Waals surface area contributed by atoms with Crippen molar-refractivity contribution in [1.29, 1.82) is 0 Å². The number of nitrogens with zero attached hydrogens (tertiary/aromatic N) is 6. The summed E-state index contributed by atoms with van der Waals surface area (Å²) >= 11 is 6.90. The van der Waals surface area contributed by atoms with Gasteiger partial charge in [0.2, 0.25) is 4.77 Å². The van der Waals surface area contributed by atoms with Gasteiger partial charge in [-0.05, 0) is 47.9 Å². The van der Waals surface area contributed by atoms with Crippen LogP contribution in [-0.2, 0) is 0 Å². The second kappa shape index (κ2) is 8.73. The molecule has 0 atom stereocenters. The number of thiophene rings is 1. The molecule has 11 heteroatoms. The highest BCUT2D eigenvalue weighted by molar-refractivity contribution is 7.71. The standard InChI is InChI=1S/C22H15N7O2S2/c30-29(31)18-10-8-15(9-11-18)20-16(14-27(26-20)17-5-2-1-3-6-17)13-23-28-21(24-25-22(28)32)19-7-4-12-33-19/h1-14H,(H,25,32)/b23-13-. The Morgan fingerprint density at radius 3 is 2.58 bits per heavy atom. The van der Waals surface area contributed by atoms with Crippen LogP contribution in [0.2, 0.25) is 0 Å². The molecule has 9 nitrogen and oxygen atoms in total. The number of hydrogen-bond acceptors (Lipinski definition) is 7. The zero-order valence-electron chi connectivity index (χ0n) is 16.9. The summed E-state index contributed by atoms with van der Waals surface area (Å²) in [5, 5.41) is 29.4. The van der Waals surface area contributed by atoms with Gasteiger partial charge in [0.05, 0.1) is 21.7 Å². The molecule has 5 rings (SSSR count). The van der Waals surface area contributed by atoms with E-state index in [-0.39, 0.29) is 5.69 Å². The Labute approximate surface area is 196 Å². The number of non-ortho nitro benzene ring substituents is 1. The first-order valence-corrected chi connectivity index (χ1v) is 11.0. The van der Waals surface area contributed by atoms with Crippen LogP contribution < -0.4 is 0 Å². The molecule has 3 heterocycles. The summed E-state index contributed by atoms with van der Waals surface area (Å²) in [6.45, 7) is 0. The fraction of sp³-hybridized carbons (Fsp3) is 0. The molecule has 0 amide bonds. The van der Waals surface area contributed by atoms with Gasteiger partial charge in [-0.25, -0.2) is 9.78 Å². The van der Waals surface area contributed by atoms with Crippen molar-refractivity contribution in [3.8, 4) is 27.6 Å². The maximum Gasteiger partial charge on any atom is 0.269 e. The molecule has 0 bridgehead atoms. The molecule has 0 fully saturated rings. The van der Waals surface area contributed by atoms with Gasteiger partial charge in [0.25, 0.3) is 5.69 Å². The van der Waals surface area contributed by atoms with E-state index >= 15 is 0 Å². The topological polar surface area (TPSA) is 107 Å². The van der Waals surface area contributed by atoms with Gasteiger partial charge in [-0.2, -0.15) is 20.0 Å². The first-order valence-electron chi connectivity index (χ1n) is 9.76. The van der Waals surface area contributed by atoms with E-state index < -0.39 is 4.92 Å². The van der Waals surface area contributed by atoms with Gasteiger partial charge in [0.1, 0.15) is 5.69 Å². The fourth-order valence-corrected chi connectivity index (χ4v) is 4.12. The number of benzene rings is 2. The molecule has 1 N–H and O–H groups in total. The first kappa shape index (κ1) is 20.7. The summed E-state index contributed by atoms with van der Waals surface area (Å²) in [7, 11) is 0. The predicted molar refractivity (Wildman–Crippen MR) is 129 cm³/mol. The Morgan fingerprint density at radius 2 is 1.88 bits per heavy atom. The number of hydrogen-bond donors (Lipinski definition) is 1. The molecule has 0 unspecified atom stereocenters. The summed E-state index contributed by atoms with van der Waals surface area (Å²) < 4.78 is 3.66. The van der Waals surface area contributed by atoms with Crippen LogP contribution in [0.4, 0.5) is 5.69 Å². The SMILES string of the molecule is O=[N+]([O-])c1ccc(-c2nn(-c3ccccc3)cc2/C=N\n2c(-c3cccs3)n[nH]c2=S)cc1. The summed E-state index contributed by atoms with van der Waals surface area (Å²) in [4.78, 5) is 11.5. The third-order valence-corrected chi connectivity index (χ3v) is 5.95. The van der Waals surface area contributed by atoms with Crippen LogP contribution >= 0.6 is 23.6 Å². The van der Waals surface area contributed by atoms with Crippen LogP contribution in [0.3, 0.4) is 0 Å². The van der Waals surface area contributed by atoms with Crippen molar-refractivity contribution in [2.24, 2.45) is 5.10 Å². The zero-order chi connectivity index (χ0) is 22.8. The van der Waals surface area contributed by atoms with Crippen LogP contribution in [0.1, 0.15) is 5.56 Å². The lowest BCUT2D eigenvalue weighted by Crippen LogP contribution is -1.94. The van der Waals surface area contributed by atoms with Crippen molar-refractivity contribution in [2.45, 2.75) is 0 Å². The van der Waals surface area contributed by atoms with Gasteiger partial charge in [0.15, 0.2) is 5.82 Å². The Kier molecular flexibility index (Phi) is 5.47. The van der Waals surface area contributed by atoms with Crippen molar-refractivity contribution >= 4 is 35.5 Å². The molecule has 5 aromatic rings. The number of aromatic nitrogens is 5. The van der Waals surface area contributed by atoms with Crippen LogP contribution in [0.15, 0.2) is 83.4 Å². The van der Waals surface area contributed by atoms with Crippen LogP contribution in [0.5, 0.6) is 0 Å². The number of para-hydroxylation sites is 1. The van der Waals surface area contributed by atoms with Crippen LogP contribution in [0.25, 0.3) is 27.6 Å². The monoisotopic (exact) mass is 473 g/mol. The average Bonchev–Trinajstić information content (AvgIpc) is 3.58. The normalized spacial score (nSPS) is 11.3. The lowest BCUT2D eigenvalue weighted by atomic mass is 10.1. The zero-order valence-corrected chi connectivity index (χ0v) is 18.5. The maximum absolute atomic E-state index is 11.0. The number of nitro groups is 1. The Hall–Kier alpha value is -4.22. The molecule has 3 aromatic heterocycles. The van der Waals surface area contributed by atoms with E-state index in [2.05, 4.69) is 15.3 Å². The number of rotatable bonds is 6. The number of nitrogens with one attached hydrogen (secondary N) is 1. The molecule has 0 saturated heterocycles. The minimum Gasteiger partial charge on any atom is -0.258 e. The quantitative estimate of drug-likeness (QED) is 0.156. The van der Waals surface area contributed by atoms with Crippen LogP contribution in [0, 0.1) is 14.9 Å². The lowest BCUT2D eigenvalue weighted by molar-refractivity contribution is -0.384. The maximum atomic E-state index is 11.0. The molecule has 0 radical (unpaired) electrons. The average molecular weight is 474 g/mol. The lowest BCUT2D eigenvalue weighted by Gasteiger charge is -2.01. The summed E-state index contributed by atoms with van der Waals surface area (Å²) in [5.74, 6) is 0.610.